The van der Waals surface area contributed by atoms with Gasteiger partial charge in [0.05, 0.1) is 5.52 Å². The molecule has 0 aliphatic rings. The van der Waals surface area contributed by atoms with Gasteiger partial charge in [0.25, 0.3) is 0 Å². The zero-order chi connectivity index (χ0) is 14.4. The van der Waals surface area contributed by atoms with Crippen molar-refractivity contribution in [1.82, 2.24) is 9.88 Å². The summed E-state index contributed by atoms with van der Waals surface area (Å²) in [5, 5.41) is 7.23. The number of nitrogens with zero attached hydrogens (tertiary/aromatic N) is 1. The predicted molar refractivity (Wildman–Crippen MR) is 84.0 cm³/mol. The van der Waals surface area contributed by atoms with Crippen LogP contribution in [0, 0.1) is 0 Å². The first-order chi connectivity index (χ1) is 9.74. The van der Waals surface area contributed by atoms with E-state index in [9.17, 15) is 4.79 Å². The molecule has 0 spiro atoms. The summed E-state index contributed by atoms with van der Waals surface area (Å²) in [6, 6.07) is 8.20. The third-order valence-electron chi connectivity index (χ3n) is 3.35. The number of carbonyl (C=O) groups excluding carboxylic acids is 1. The molecule has 2 aromatic rings. The van der Waals surface area contributed by atoms with E-state index in [0.717, 1.165) is 31.6 Å². The molecule has 1 heterocycles. The number of carbonyl (C=O) groups is 1. The van der Waals surface area contributed by atoms with E-state index in [0.29, 0.717) is 6.42 Å². The van der Waals surface area contributed by atoms with Crippen LogP contribution in [0.1, 0.15) is 26.2 Å². The molecule has 0 fully saturated rings. The predicted octanol–water partition coefficient (Wildman–Crippen LogP) is 2.99. The third-order valence-corrected chi connectivity index (χ3v) is 3.35. The molecule has 4 heteroatoms. The lowest BCUT2D eigenvalue weighted by atomic mass is 10.2. The van der Waals surface area contributed by atoms with Gasteiger partial charge in [-0.05, 0) is 50.0 Å². The molecule has 0 unspecified atom stereocenters. The smallest absolute Gasteiger partial charge is 0.224 e. The van der Waals surface area contributed by atoms with Crippen LogP contribution in [0.4, 0.5) is 5.69 Å². The fraction of sp³-hybridized carbons (Fsp3) is 0.438. The summed E-state index contributed by atoms with van der Waals surface area (Å²) in [4.78, 5) is 11.8. The summed E-state index contributed by atoms with van der Waals surface area (Å²) in [5.74, 6) is 0.0770. The molecule has 2 N–H and O–H groups in total. The van der Waals surface area contributed by atoms with Crippen molar-refractivity contribution in [3.8, 4) is 0 Å². The highest BCUT2D eigenvalue weighted by molar-refractivity contribution is 5.93. The first kappa shape index (κ1) is 14.6. The molecular weight excluding hydrogens is 250 g/mol. The summed E-state index contributed by atoms with van der Waals surface area (Å²) in [6.45, 7) is 4.04. The monoisotopic (exact) mass is 273 g/mol. The molecular formula is C16H23N3O. The van der Waals surface area contributed by atoms with Gasteiger partial charge in [0, 0.05) is 24.8 Å². The fourth-order valence-corrected chi connectivity index (χ4v) is 2.35. The molecule has 20 heavy (non-hydrogen) atoms. The highest BCUT2D eigenvalue weighted by Gasteiger charge is 2.05. The first-order valence-electron chi connectivity index (χ1n) is 7.28. The quantitative estimate of drug-likeness (QED) is 0.762. The van der Waals surface area contributed by atoms with Gasteiger partial charge in [-0.3, -0.25) is 4.79 Å². The number of hydrogen-bond acceptors (Lipinski definition) is 2. The van der Waals surface area contributed by atoms with E-state index >= 15 is 0 Å². The van der Waals surface area contributed by atoms with Gasteiger partial charge in [0.15, 0.2) is 0 Å². The minimum atomic E-state index is 0.0770. The standard InChI is InChI=1S/C16H23N3O/c1-3-10-19-11-8-13-6-7-14(12-15(13)19)18-16(20)5-4-9-17-2/h6-8,11-12,17H,3-5,9-10H2,1-2H3,(H,18,20). The van der Waals surface area contributed by atoms with Crippen LogP contribution in [0.25, 0.3) is 10.9 Å². The molecule has 0 bridgehead atoms. The number of fused-ring (bicyclic) bond motifs is 1. The number of aryl methyl sites for hydroxylation is 1. The maximum Gasteiger partial charge on any atom is 0.224 e. The van der Waals surface area contributed by atoms with E-state index in [2.05, 4.69) is 46.5 Å². The normalized spacial score (nSPS) is 10.9. The molecule has 4 nitrogen and oxygen atoms in total. The molecule has 0 aliphatic heterocycles. The van der Waals surface area contributed by atoms with Gasteiger partial charge >= 0.3 is 0 Å². The Kier molecular flexibility index (Phi) is 5.18. The second-order valence-corrected chi connectivity index (χ2v) is 5.04. The Balaban J connectivity index is 2.06. The minimum Gasteiger partial charge on any atom is -0.347 e. The van der Waals surface area contributed by atoms with Crippen LogP contribution < -0.4 is 10.6 Å². The second kappa shape index (κ2) is 7.10. The minimum absolute atomic E-state index is 0.0770. The van der Waals surface area contributed by atoms with E-state index in [-0.39, 0.29) is 5.91 Å². The summed E-state index contributed by atoms with van der Waals surface area (Å²) >= 11 is 0. The summed E-state index contributed by atoms with van der Waals surface area (Å²) in [7, 11) is 1.90. The van der Waals surface area contributed by atoms with Crippen LogP contribution >= 0.6 is 0 Å². The maximum absolute atomic E-state index is 11.8. The molecule has 0 saturated carbocycles. The van der Waals surface area contributed by atoms with Crippen molar-refractivity contribution >= 4 is 22.5 Å². The molecule has 2 rings (SSSR count). The summed E-state index contributed by atoms with van der Waals surface area (Å²) in [6.07, 6.45) is 4.61. The molecule has 0 aliphatic carbocycles. The highest BCUT2D eigenvalue weighted by Crippen LogP contribution is 2.21. The van der Waals surface area contributed by atoms with E-state index in [4.69, 9.17) is 0 Å². The molecule has 1 aromatic carbocycles. The number of amides is 1. The number of rotatable bonds is 7. The van der Waals surface area contributed by atoms with Crippen LogP contribution in [0.5, 0.6) is 0 Å². The molecule has 0 saturated heterocycles. The fourth-order valence-electron chi connectivity index (χ4n) is 2.35. The highest BCUT2D eigenvalue weighted by atomic mass is 16.1. The average Bonchev–Trinajstić information content (AvgIpc) is 2.82. The van der Waals surface area contributed by atoms with Gasteiger partial charge in [-0.2, -0.15) is 0 Å². The van der Waals surface area contributed by atoms with Gasteiger partial charge in [-0.1, -0.05) is 13.0 Å². The van der Waals surface area contributed by atoms with E-state index < -0.39 is 0 Å². The molecule has 0 radical (unpaired) electrons. The van der Waals surface area contributed by atoms with Crippen LogP contribution in [-0.2, 0) is 11.3 Å². The Morgan fingerprint density at radius 3 is 2.90 bits per heavy atom. The van der Waals surface area contributed by atoms with Crippen LogP contribution in [0.15, 0.2) is 30.5 Å². The number of anilines is 1. The van der Waals surface area contributed by atoms with Gasteiger partial charge in [0.2, 0.25) is 5.91 Å². The SMILES string of the molecule is CCCn1ccc2ccc(NC(=O)CCCNC)cc21. The Labute approximate surface area is 120 Å². The van der Waals surface area contributed by atoms with Gasteiger partial charge in [-0.15, -0.1) is 0 Å². The summed E-state index contributed by atoms with van der Waals surface area (Å²) in [5.41, 5.74) is 2.06. The summed E-state index contributed by atoms with van der Waals surface area (Å²) < 4.78 is 2.23. The van der Waals surface area contributed by atoms with E-state index in [1.54, 1.807) is 0 Å². The zero-order valence-corrected chi connectivity index (χ0v) is 12.3. The van der Waals surface area contributed by atoms with Gasteiger partial charge < -0.3 is 15.2 Å². The largest absolute Gasteiger partial charge is 0.347 e. The number of aromatic nitrogens is 1. The Morgan fingerprint density at radius 1 is 1.30 bits per heavy atom. The zero-order valence-electron chi connectivity index (χ0n) is 12.3. The number of hydrogen-bond donors (Lipinski definition) is 2. The van der Waals surface area contributed by atoms with Crippen molar-refractivity contribution in [2.24, 2.45) is 0 Å². The van der Waals surface area contributed by atoms with Crippen LogP contribution in [0.2, 0.25) is 0 Å². The van der Waals surface area contributed by atoms with Crippen molar-refractivity contribution in [1.29, 1.82) is 0 Å². The van der Waals surface area contributed by atoms with E-state index in [1.807, 2.05) is 13.1 Å². The van der Waals surface area contributed by atoms with Gasteiger partial charge in [-0.25, -0.2) is 0 Å². The van der Waals surface area contributed by atoms with Crippen molar-refractivity contribution in [3.05, 3.63) is 30.5 Å². The van der Waals surface area contributed by atoms with Gasteiger partial charge in [0.1, 0.15) is 0 Å². The lowest BCUT2D eigenvalue weighted by Gasteiger charge is -2.07. The maximum atomic E-state index is 11.8. The lowest BCUT2D eigenvalue weighted by Crippen LogP contribution is -2.15. The molecule has 0 atom stereocenters. The third kappa shape index (κ3) is 3.61. The molecule has 1 amide bonds. The topological polar surface area (TPSA) is 46.1 Å². The lowest BCUT2D eigenvalue weighted by molar-refractivity contribution is -0.116. The van der Waals surface area contributed by atoms with Crippen molar-refractivity contribution in [3.63, 3.8) is 0 Å². The Hall–Kier alpha value is -1.81. The Bertz CT molecular complexity index is 574. The first-order valence-corrected chi connectivity index (χ1v) is 7.28. The van der Waals surface area contributed by atoms with Crippen molar-refractivity contribution in [2.75, 3.05) is 18.9 Å². The molecule has 108 valence electrons. The Morgan fingerprint density at radius 2 is 2.15 bits per heavy atom. The second-order valence-electron chi connectivity index (χ2n) is 5.04. The van der Waals surface area contributed by atoms with Crippen molar-refractivity contribution in [2.45, 2.75) is 32.7 Å². The van der Waals surface area contributed by atoms with Crippen LogP contribution in [-0.4, -0.2) is 24.1 Å². The number of nitrogens with one attached hydrogen (secondary N) is 2. The number of benzene rings is 1. The van der Waals surface area contributed by atoms with Crippen molar-refractivity contribution < 1.29 is 4.79 Å². The average molecular weight is 273 g/mol. The van der Waals surface area contributed by atoms with E-state index in [1.165, 1.54) is 10.9 Å². The molecule has 1 aromatic heterocycles. The van der Waals surface area contributed by atoms with Crippen LogP contribution in [0.3, 0.4) is 0 Å².